The summed E-state index contributed by atoms with van der Waals surface area (Å²) >= 11 is 0. The van der Waals surface area contributed by atoms with Gasteiger partial charge in [-0.05, 0) is 25.4 Å². The number of Topliss-reactive ketones (excluding diaryl/α,β-unsaturated/α-hetero) is 2. The average molecular weight is 289 g/mol. The van der Waals surface area contributed by atoms with E-state index in [2.05, 4.69) is 4.98 Å². The lowest BCUT2D eigenvalue weighted by atomic mass is 9.92. The van der Waals surface area contributed by atoms with E-state index in [1.807, 2.05) is 0 Å². The van der Waals surface area contributed by atoms with Gasteiger partial charge in [-0.1, -0.05) is 6.07 Å². The quantitative estimate of drug-likeness (QED) is 0.627. The van der Waals surface area contributed by atoms with Crippen LogP contribution >= 0.6 is 0 Å². The summed E-state index contributed by atoms with van der Waals surface area (Å²) in [6.07, 6.45) is -0.892. The molecule has 1 saturated carbocycles. The minimum absolute atomic E-state index is 0.0492. The molecule has 2 aromatic rings. The maximum absolute atomic E-state index is 13.0. The van der Waals surface area contributed by atoms with Crippen molar-refractivity contribution < 1.29 is 15.1 Å². The molecule has 6 heteroatoms. The molecule has 108 valence electrons. The molecule has 6 nitrogen and oxygen atoms in total. The van der Waals surface area contributed by atoms with Crippen LogP contribution in [0, 0.1) is 6.85 Å². The Hall–Kier alpha value is -2.50. The van der Waals surface area contributed by atoms with Gasteiger partial charge in [-0.3, -0.25) is 19.0 Å². The minimum atomic E-state index is -2.83. The topological polar surface area (TPSA) is 95.0 Å². The number of nitrogens with two attached hydrogens (primary N) is 1. The Labute approximate surface area is 126 Å². The number of aryl methyl sites for hydroxylation is 1. The van der Waals surface area contributed by atoms with Gasteiger partial charge in [0.25, 0.3) is 5.56 Å². The van der Waals surface area contributed by atoms with Crippen LogP contribution in [0.25, 0.3) is 10.9 Å². The van der Waals surface area contributed by atoms with Crippen molar-refractivity contribution >= 4 is 28.2 Å². The second-order valence-corrected chi connectivity index (χ2v) is 4.90. The summed E-state index contributed by atoms with van der Waals surface area (Å²) in [4.78, 5) is 40.8. The van der Waals surface area contributed by atoms with Crippen LogP contribution in [0.2, 0.25) is 0 Å². The zero-order chi connectivity index (χ0) is 18.6. The molecule has 1 heterocycles. The third-order valence-corrected chi connectivity index (χ3v) is 3.52. The first kappa shape index (κ1) is 9.44. The second-order valence-electron chi connectivity index (χ2n) is 4.90. The molecule has 1 aliphatic rings. The van der Waals surface area contributed by atoms with Crippen LogP contribution in [0.3, 0.4) is 0 Å². The van der Waals surface area contributed by atoms with Gasteiger partial charge in [-0.25, -0.2) is 4.98 Å². The van der Waals surface area contributed by atoms with Crippen molar-refractivity contribution in [3.05, 3.63) is 34.4 Å². The fraction of sp³-hybridized carbons (Fsp3) is 0.333. The Balaban J connectivity index is 2.42. The van der Waals surface area contributed by atoms with E-state index in [1.165, 1.54) is 18.2 Å². The summed E-state index contributed by atoms with van der Waals surface area (Å²) in [5.74, 6) is -1.83. The van der Waals surface area contributed by atoms with Gasteiger partial charge < -0.3 is 5.73 Å². The van der Waals surface area contributed by atoms with E-state index in [4.69, 9.17) is 11.2 Å². The number of hydrogen-bond donors (Lipinski definition) is 1. The lowest BCUT2D eigenvalue weighted by molar-refractivity contribution is -0.132. The number of nitrogen functional groups attached to an aromatic ring is 1. The molecule has 3 rings (SSSR count). The monoisotopic (exact) mass is 289 g/mol. The average Bonchev–Trinajstić information content (AvgIpc) is 2.50. The molecule has 0 saturated heterocycles. The fourth-order valence-electron chi connectivity index (χ4n) is 2.51. The van der Waals surface area contributed by atoms with Gasteiger partial charge in [0, 0.05) is 16.2 Å². The van der Waals surface area contributed by atoms with Gasteiger partial charge in [0.05, 0.1) is 24.7 Å². The lowest BCUT2D eigenvalue weighted by Crippen LogP contribution is -2.36. The van der Waals surface area contributed by atoms with E-state index < -0.39 is 36.5 Å². The van der Waals surface area contributed by atoms with Crippen LogP contribution in [0.1, 0.15) is 36.6 Å². The second kappa shape index (κ2) is 4.80. The Morgan fingerprint density at radius 3 is 2.95 bits per heavy atom. The number of hydrogen-bond acceptors (Lipinski definition) is 5. The van der Waals surface area contributed by atoms with Crippen molar-refractivity contribution in [3.63, 3.8) is 0 Å². The van der Waals surface area contributed by atoms with Crippen LogP contribution in [-0.4, -0.2) is 21.1 Å². The van der Waals surface area contributed by atoms with Gasteiger partial charge in [0.1, 0.15) is 11.6 Å². The highest BCUT2D eigenvalue weighted by molar-refractivity contribution is 6.03. The van der Waals surface area contributed by atoms with Crippen molar-refractivity contribution in [3.8, 4) is 0 Å². The highest BCUT2D eigenvalue weighted by Gasteiger charge is 2.30. The molecule has 1 aromatic heterocycles. The number of fused-ring (bicyclic) bond motifs is 1. The Bertz CT molecular complexity index is 967. The summed E-state index contributed by atoms with van der Waals surface area (Å²) in [6.45, 7) is -2.83. The molecule has 0 bridgehead atoms. The first-order chi connectivity index (χ1) is 11.6. The summed E-state index contributed by atoms with van der Waals surface area (Å²) < 4.78 is 32.1. The van der Waals surface area contributed by atoms with E-state index in [1.54, 1.807) is 0 Å². The first-order valence-corrected chi connectivity index (χ1v) is 6.43. The van der Waals surface area contributed by atoms with Crippen molar-refractivity contribution in [1.82, 2.24) is 9.55 Å². The molecule has 2 N–H and O–H groups in total. The number of rotatable bonds is 1. The minimum Gasteiger partial charge on any atom is -0.398 e. The fourth-order valence-corrected chi connectivity index (χ4v) is 2.51. The maximum atomic E-state index is 13.0. The highest BCUT2D eigenvalue weighted by atomic mass is 16.2. The SMILES string of the molecule is [2H]C([2H])([2H])c1nc2cccc(N)c2c(=O)n1[C@]1([2H])CCC(=O)CC1=O. The molecule has 1 aromatic carbocycles. The summed E-state index contributed by atoms with van der Waals surface area (Å²) in [5, 5.41) is -0.0492. The van der Waals surface area contributed by atoms with Crippen LogP contribution in [0.5, 0.6) is 0 Å². The largest absolute Gasteiger partial charge is 0.398 e. The molecule has 0 aliphatic heterocycles. The Morgan fingerprint density at radius 1 is 1.43 bits per heavy atom. The Morgan fingerprint density at radius 2 is 2.24 bits per heavy atom. The van der Waals surface area contributed by atoms with E-state index in [0.29, 0.717) is 4.57 Å². The smallest absolute Gasteiger partial charge is 0.264 e. The first-order valence-electron chi connectivity index (χ1n) is 8.43. The molecular weight excluding hydrogens is 270 g/mol. The Kier molecular flexibility index (Phi) is 2.16. The van der Waals surface area contributed by atoms with Crippen LogP contribution < -0.4 is 11.3 Å². The van der Waals surface area contributed by atoms with Crippen LogP contribution in [0.4, 0.5) is 5.69 Å². The molecular formula is C15H15N3O3. The maximum Gasteiger partial charge on any atom is 0.264 e. The van der Waals surface area contributed by atoms with Gasteiger partial charge in [-0.2, -0.15) is 0 Å². The van der Waals surface area contributed by atoms with Crippen LogP contribution in [-0.2, 0) is 9.59 Å². The predicted molar refractivity (Wildman–Crippen MR) is 78.1 cm³/mol. The number of carbonyl (C=O) groups excluding carboxylic acids is 2. The molecule has 0 amide bonds. The zero-order valence-electron chi connectivity index (χ0n) is 15.0. The summed E-state index contributed by atoms with van der Waals surface area (Å²) in [7, 11) is 0. The molecule has 0 radical (unpaired) electrons. The molecule has 1 fully saturated rings. The molecule has 0 unspecified atom stereocenters. The summed E-state index contributed by atoms with van der Waals surface area (Å²) in [5.41, 5.74) is 5.10. The zero-order valence-corrected chi connectivity index (χ0v) is 11.0. The van der Waals surface area contributed by atoms with E-state index in [0.717, 1.165) is 0 Å². The van der Waals surface area contributed by atoms with Crippen LogP contribution in [0.15, 0.2) is 23.0 Å². The highest BCUT2D eigenvalue weighted by Crippen LogP contribution is 2.24. The number of carbonyl (C=O) groups is 2. The predicted octanol–water partition coefficient (Wildman–Crippen LogP) is 1.15. The molecule has 21 heavy (non-hydrogen) atoms. The van der Waals surface area contributed by atoms with Crippen molar-refractivity contribution in [2.45, 2.75) is 32.1 Å². The third kappa shape index (κ3) is 2.12. The van der Waals surface area contributed by atoms with Gasteiger partial charge in [0.15, 0.2) is 5.78 Å². The van der Waals surface area contributed by atoms with E-state index in [9.17, 15) is 14.4 Å². The van der Waals surface area contributed by atoms with Crippen molar-refractivity contribution in [1.29, 1.82) is 0 Å². The van der Waals surface area contributed by atoms with E-state index in [-0.39, 0.29) is 35.2 Å². The van der Waals surface area contributed by atoms with Crippen molar-refractivity contribution in [2.75, 3.05) is 5.73 Å². The standard InChI is InChI=1S/C15H15N3O3/c1-8-17-11-4-2-3-10(16)14(11)15(21)18(8)12-6-5-9(19)7-13(12)20/h2-4,12H,5-7,16H2,1H3/t12-/m1/s1/i1D3,12D. The van der Waals surface area contributed by atoms with E-state index >= 15 is 0 Å². The number of nitrogens with zero attached hydrogens (tertiary/aromatic N) is 2. The lowest BCUT2D eigenvalue weighted by Gasteiger charge is -2.24. The normalized spacial score (nSPS) is 26.1. The van der Waals surface area contributed by atoms with Gasteiger partial charge >= 0.3 is 0 Å². The third-order valence-electron chi connectivity index (χ3n) is 3.52. The number of benzene rings is 1. The molecule has 1 atom stereocenters. The number of ketones is 2. The number of anilines is 1. The molecule has 1 aliphatic carbocycles. The van der Waals surface area contributed by atoms with Crippen molar-refractivity contribution in [2.24, 2.45) is 0 Å². The van der Waals surface area contributed by atoms with Gasteiger partial charge in [-0.15, -0.1) is 0 Å². The number of aromatic nitrogens is 2. The molecule has 0 spiro atoms. The summed E-state index contributed by atoms with van der Waals surface area (Å²) in [6, 6.07) is 2.22. The van der Waals surface area contributed by atoms with Gasteiger partial charge in [0.2, 0.25) is 0 Å².